The molecule has 90 valence electrons. The Labute approximate surface area is 99.4 Å². The highest BCUT2D eigenvalue weighted by Crippen LogP contribution is 2.29. The Hall–Kier alpha value is -0.530. The third-order valence-electron chi connectivity index (χ3n) is 2.83. The molecule has 0 radical (unpaired) electrons. The number of H-pyrrole nitrogens is 1. The first-order valence-electron chi connectivity index (χ1n) is 5.18. The van der Waals surface area contributed by atoms with Gasteiger partial charge in [0.25, 0.3) is 10.0 Å². The monoisotopic (exact) mass is 261 g/mol. The van der Waals surface area contributed by atoms with E-state index in [-0.39, 0.29) is 11.1 Å². The fraction of sp³-hybridized carbons (Fsp3) is 0.667. The standard InChI is InChI=1S/C9H15N3O2S2/c1-15-8-4-2-3-7(8)12-16(13,14)9-5-6-10-11-9/h5-8,12H,2-4H2,1H3,(H,10,11). The van der Waals surface area contributed by atoms with Gasteiger partial charge in [0.15, 0.2) is 5.03 Å². The van der Waals surface area contributed by atoms with E-state index in [4.69, 9.17) is 0 Å². The van der Waals surface area contributed by atoms with Crippen LogP contribution in [0.1, 0.15) is 19.3 Å². The van der Waals surface area contributed by atoms with E-state index in [1.54, 1.807) is 11.8 Å². The normalized spacial score (nSPS) is 26.1. The number of nitrogens with one attached hydrogen (secondary N) is 2. The van der Waals surface area contributed by atoms with Crippen LogP contribution in [0.15, 0.2) is 17.3 Å². The quantitative estimate of drug-likeness (QED) is 0.847. The summed E-state index contributed by atoms with van der Waals surface area (Å²) >= 11 is 1.73. The van der Waals surface area contributed by atoms with E-state index in [1.807, 2.05) is 6.26 Å². The molecule has 2 atom stereocenters. The van der Waals surface area contributed by atoms with Gasteiger partial charge in [-0.3, -0.25) is 5.10 Å². The molecule has 0 amide bonds. The second-order valence-corrected chi connectivity index (χ2v) is 6.61. The SMILES string of the molecule is CSC1CCCC1NS(=O)(=O)c1ccn[nH]1. The maximum Gasteiger partial charge on any atom is 0.257 e. The first-order valence-corrected chi connectivity index (χ1v) is 7.95. The number of hydrogen-bond acceptors (Lipinski definition) is 4. The van der Waals surface area contributed by atoms with Gasteiger partial charge in [-0.1, -0.05) is 6.42 Å². The summed E-state index contributed by atoms with van der Waals surface area (Å²) in [6.07, 6.45) is 6.54. The minimum atomic E-state index is -3.42. The van der Waals surface area contributed by atoms with Gasteiger partial charge < -0.3 is 0 Å². The predicted octanol–water partition coefficient (Wildman–Crippen LogP) is 0.972. The van der Waals surface area contributed by atoms with Crippen molar-refractivity contribution in [1.82, 2.24) is 14.9 Å². The van der Waals surface area contributed by atoms with Crippen molar-refractivity contribution in [2.75, 3.05) is 6.26 Å². The second-order valence-electron chi connectivity index (χ2n) is 3.85. The highest BCUT2D eigenvalue weighted by atomic mass is 32.2. The van der Waals surface area contributed by atoms with Crippen molar-refractivity contribution in [2.24, 2.45) is 0 Å². The molecule has 0 aromatic carbocycles. The van der Waals surface area contributed by atoms with Crippen molar-refractivity contribution in [2.45, 2.75) is 35.6 Å². The molecule has 2 rings (SSSR count). The van der Waals surface area contributed by atoms with Crippen LogP contribution in [0.4, 0.5) is 0 Å². The Morgan fingerprint density at radius 1 is 1.56 bits per heavy atom. The lowest BCUT2D eigenvalue weighted by atomic mass is 10.3. The Morgan fingerprint density at radius 2 is 2.38 bits per heavy atom. The average Bonchev–Trinajstić information content (AvgIpc) is 2.86. The van der Waals surface area contributed by atoms with Crippen molar-refractivity contribution in [3.8, 4) is 0 Å². The summed E-state index contributed by atoms with van der Waals surface area (Å²) in [4.78, 5) is 0. The molecule has 0 bridgehead atoms. The molecule has 2 unspecified atom stereocenters. The van der Waals surface area contributed by atoms with Gasteiger partial charge in [0, 0.05) is 11.3 Å². The molecule has 0 aliphatic heterocycles. The van der Waals surface area contributed by atoms with Crippen LogP contribution in [0.25, 0.3) is 0 Å². The van der Waals surface area contributed by atoms with E-state index in [2.05, 4.69) is 14.9 Å². The fourth-order valence-electron chi connectivity index (χ4n) is 2.00. The lowest BCUT2D eigenvalue weighted by Crippen LogP contribution is -2.38. The molecule has 16 heavy (non-hydrogen) atoms. The lowest BCUT2D eigenvalue weighted by Gasteiger charge is -2.18. The van der Waals surface area contributed by atoms with Gasteiger partial charge in [0.2, 0.25) is 0 Å². The van der Waals surface area contributed by atoms with E-state index < -0.39 is 10.0 Å². The molecule has 1 fully saturated rings. The molecule has 1 aliphatic rings. The van der Waals surface area contributed by atoms with Crippen molar-refractivity contribution in [3.05, 3.63) is 12.3 Å². The van der Waals surface area contributed by atoms with Gasteiger partial charge in [0.05, 0.1) is 6.20 Å². The molecular formula is C9H15N3O2S2. The first kappa shape index (κ1) is 11.9. The maximum atomic E-state index is 11.9. The number of aromatic nitrogens is 2. The molecule has 1 aromatic heterocycles. The molecule has 1 aliphatic carbocycles. The molecule has 1 saturated carbocycles. The minimum absolute atomic E-state index is 0.0447. The smallest absolute Gasteiger partial charge is 0.257 e. The van der Waals surface area contributed by atoms with E-state index >= 15 is 0 Å². The molecule has 5 nitrogen and oxygen atoms in total. The van der Waals surface area contributed by atoms with Gasteiger partial charge >= 0.3 is 0 Å². The molecule has 7 heteroatoms. The lowest BCUT2D eigenvalue weighted by molar-refractivity contribution is 0.551. The number of nitrogens with zero attached hydrogens (tertiary/aromatic N) is 1. The summed E-state index contributed by atoms with van der Waals surface area (Å²) in [5.74, 6) is 0. The number of sulfonamides is 1. The molecular weight excluding hydrogens is 246 g/mol. The fourth-order valence-corrected chi connectivity index (χ4v) is 4.24. The van der Waals surface area contributed by atoms with Crippen LogP contribution in [-0.2, 0) is 10.0 Å². The van der Waals surface area contributed by atoms with Crippen molar-refractivity contribution in [3.63, 3.8) is 0 Å². The van der Waals surface area contributed by atoms with Crippen molar-refractivity contribution < 1.29 is 8.42 Å². The Bertz CT molecular complexity index is 430. The van der Waals surface area contributed by atoms with E-state index in [0.717, 1.165) is 19.3 Å². The zero-order valence-electron chi connectivity index (χ0n) is 9.01. The Morgan fingerprint density at radius 3 is 3.00 bits per heavy atom. The third-order valence-corrected chi connectivity index (χ3v) is 5.42. The number of thioether (sulfide) groups is 1. The first-order chi connectivity index (χ1) is 7.63. The highest BCUT2D eigenvalue weighted by Gasteiger charge is 2.31. The summed E-state index contributed by atoms with van der Waals surface area (Å²) < 4.78 is 26.6. The van der Waals surface area contributed by atoms with Gasteiger partial charge in [-0.25, -0.2) is 13.1 Å². The van der Waals surface area contributed by atoms with E-state index in [1.165, 1.54) is 12.3 Å². The topological polar surface area (TPSA) is 74.8 Å². The number of hydrogen-bond donors (Lipinski definition) is 2. The van der Waals surface area contributed by atoms with E-state index in [0.29, 0.717) is 5.25 Å². The van der Waals surface area contributed by atoms with Crippen LogP contribution < -0.4 is 4.72 Å². The summed E-state index contributed by atoms with van der Waals surface area (Å²) in [7, 11) is -3.42. The molecule has 0 spiro atoms. The van der Waals surface area contributed by atoms with Gasteiger partial charge in [-0.05, 0) is 25.2 Å². The Balaban J connectivity index is 2.10. The summed E-state index contributed by atoms with van der Waals surface area (Å²) in [6, 6.07) is 1.51. The third kappa shape index (κ3) is 2.41. The Kier molecular flexibility index (Phi) is 3.56. The van der Waals surface area contributed by atoms with Crippen molar-refractivity contribution in [1.29, 1.82) is 0 Å². The van der Waals surface area contributed by atoms with Gasteiger partial charge in [-0.2, -0.15) is 16.9 Å². The van der Waals surface area contributed by atoms with E-state index in [9.17, 15) is 8.42 Å². The molecule has 2 N–H and O–H groups in total. The van der Waals surface area contributed by atoms with Crippen LogP contribution >= 0.6 is 11.8 Å². The van der Waals surface area contributed by atoms with Crippen LogP contribution in [0.3, 0.4) is 0 Å². The van der Waals surface area contributed by atoms with Crippen molar-refractivity contribution >= 4 is 21.8 Å². The molecule has 0 saturated heterocycles. The maximum absolute atomic E-state index is 11.9. The summed E-state index contributed by atoms with van der Waals surface area (Å²) in [6.45, 7) is 0. The minimum Gasteiger partial charge on any atom is -0.266 e. The predicted molar refractivity (Wildman–Crippen MR) is 63.9 cm³/mol. The second kappa shape index (κ2) is 4.77. The average molecular weight is 261 g/mol. The zero-order chi connectivity index (χ0) is 11.6. The van der Waals surface area contributed by atoms with Gasteiger partial charge in [-0.15, -0.1) is 0 Å². The van der Waals surface area contributed by atoms with Crippen LogP contribution in [0, 0.1) is 0 Å². The van der Waals surface area contributed by atoms with Gasteiger partial charge in [0.1, 0.15) is 0 Å². The van der Waals surface area contributed by atoms with Crippen LogP contribution in [0.2, 0.25) is 0 Å². The number of rotatable bonds is 4. The summed E-state index contributed by atoms with van der Waals surface area (Å²) in [5, 5.41) is 6.65. The van der Waals surface area contributed by atoms with Crippen LogP contribution in [-0.4, -0.2) is 36.2 Å². The molecule has 1 aromatic rings. The molecule has 1 heterocycles. The highest BCUT2D eigenvalue weighted by molar-refractivity contribution is 7.99. The van der Waals surface area contributed by atoms with Crippen LogP contribution in [0.5, 0.6) is 0 Å². The summed E-state index contributed by atoms with van der Waals surface area (Å²) in [5.41, 5.74) is 0. The zero-order valence-corrected chi connectivity index (χ0v) is 10.6. The number of aromatic amines is 1. The largest absolute Gasteiger partial charge is 0.266 e.